The lowest BCUT2D eigenvalue weighted by molar-refractivity contribution is -0.153. The molecule has 0 N–H and O–H groups in total. The summed E-state index contributed by atoms with van der Waals surface area (Å²) < 4.78 is 12.0. The third-order valence-electron chi connectivity index (χ3n) is 13.1. The Balaban J connectivity index is 1.38. The third kappa shape index (κ3) is 3.00. The first-order valence-electron chi connectivity index (χ1n) is 14.6. The number of allylic oxidation sites excluding steroid dienone is 3. The van der Waals surface area contributed by atoms with Crippen LogP contribution >= 0.6 is 0 Å². The van der Waals surface area contributed by atoms with Crippen molar-refractivity contribution in [3.63, 3.8) is 0 Å². The number of ketones is 2. The average Bonchev–Trinajstić information content (AvgIpc) is 3.31. The zero-order valence-corrected chi connectivity index (χ0v) is 23.7. The number of Topliss-reactive ketones (excluding diaryl/α,β-unsaturated/α-hetero) is 1. The normalized spacial score (nSPS) is 50.4. The molecule has 0 bridgehead atoms. The number of carbonyl (C=O) groups is 3. The lowest BCUT2D eigenvalue weighted by atomic mass is 9.43. The standard InChI is InChI=1S/C32H44O5/c1-17-15-36-28(18(17)2)27(35)20(4)26-24(37-21(5)33)14-30(7)25-9-8-22-19(3)23(34)10-11-31(22)16-32(25,31)13-12-29(26,30)6/h10-11,17,19-20,22,24-26H,8-9,12-16H2,1-7H3/t17?,19-,20?,22-,24-,25-,26-,29+,30-,31?,32?/m0/s1. The Morgan fingerprint density at radius 1 is 1.14 bits per heavy atom. The van der Waals surface area contributed by atoms with Crippen LogP contribution in [0.4, 0.5) is 0 Å². The van der Waals surface area contributed by atoms with Crippen molar-refractivity contribution < 1.29 is 23.9 Å². The summed E-state index contributed by atoms with van der Waals surface area (Å²) >= 11 is 0. The van der Waals surface area contributed by atoms with Crippen LogP contribution in [-0.2, 0) is 23.9 Å². The van der Waals surface area contributed by atoms with E-state index in [1.54, 1.807) is 0 Å². The molecule has 5 heteroatoms. The van der Waals surface area contributed by atoms with Crippen molar-refractivity contribution in [2.75, 3.05) is 6.61 Å². The summed E-state index contributed by atoms with van der Waals surface area (Å²) in [5.74, 6) is 1.65. The van der Waals surface area contributed by atoms with E-state index < -0.39 is 0 Å². The summed E-state index contributed by atoms with van der Waals surface area (Å²) in [6.45, 7) is 15.2. The summed E-state index contributed by atoms with van der Waals surface area (Å²) in [5.41, 5.74) is 1.28. The molecule has 1 aliphatic heterocycles. The van der Waals surface area contributed by atoms with E-state index in [-0.39, 0.29) is 63.2 Å². The Bertz CT molecular complexity index is 1130. The van der Waals surface area contributed by atoms with Gasteiger partial charge in [-0.2, -0.15) is 0 Å². The fourth-order valence-corrected chi connectivity index (χ4v) is 10.9. The number of esters is 1. The van der Waals surface area contributed by atoms with Gasteiger partial charge < -0.3 is 9.47 Å². The molecule has 6 aliphatic rings. The lowest BCUT2D eigenvalue weighted by Crippen LogP contribution is -2.55. The van der Waals surface area contributed by atoms with Crippen molar-refractivity contribution in [2.45, 2.75) is 93.1 Å². The Morgan fingerprint density at radius 3 is 2.51 bits per heavy atom. The highest BCUT2D eigenvalue weighted by Crippen LogP contribution is 2.87. The van der Waals surface area contributed by atoms with Gasteiger partial charge in [0.25, 0.3) is 0 Å². The van der Waals surface area contributed by atoms with E-state index in [2.05, 4.69) is 33.8 Å². The Morgan fingerprint density at radius 2 is 1.86 bits per heavy atom. The van der Waals surface area contributed by atoms with Gasteiger partial charge in [-0.1, -0.05) is 40.7 Å². The molecule has 4 fully saturated rings. The summed E-state index contributed by atoms with van der Waals surface area (Å²) in [6, 6.07) is 0. The van der Waals surface area contributed by atoms with E-state index in [0.29, 0.717) is 30.0 Å². The molecule has 0 aromatic carbocycles. The molecule has 11 atom stereocenters. The van der Waals surface area contributed by atoms with Crippen molar-refractivity contribution in [3.05, 3.63) is 23.5 Å². The van der Waals surface area contributed by atoms with E-state index in [9.17, 15) is 14.4 Å². The van der Waals surface area contributed by atoms with Crippen LogP contribution in [0, 0.1) is 57.2 Å². The number of fused-ring (bicyclic) bond motifs is 2. The SMILES string of the molecule is CC(=O)O[C@H]1C[C@@]2(C)[C@@H]3CC[C@H]4[C@H](C)C(=O)C=CC45CC35CC[C@]2(C)[C@H]1C(C)C(=O)C1=C(C)C(C)CO1. The van der Waals surface area contributed by atoms with E-state index in [4.69, 9.17) is 9.47 Å². The second-order valence-corrected chi connectivity index (χ2v) is 14.2. The van der Waals surface area contributed by atoms with Gasteiger partial charge in [0, 0.05) is 30.6 Å². The number of carbonyl (C=O) groups excluding carboxylic acids is 3. The van der Waals surface area contributed by atoms with Crippen molar-refractivity contribution in [1.82, 2.24) is 0 Å². The first-order chi connectivity index (χ1) is 17.3. The molecule has 202 valence electrons. The highest BCUT2D eigenvalue weighted by Gasteiger charge is 2.81. The molecule has 6 rings (SSSR count). The highest BCUT2D eigenvalue weighted by molar-refractivity contribution is 5.96. The van der Waals surface area contributed by atoms with Gasteiger partial charge in [-0.05, 0) is 90.6 Å². The number of hydrogen-bond acceptors (Lipinski definition) is 5. The summed E-state index contributed by atoms with van der Waals surface area (Å²) in [7, 11) is 0. The molecule has 0 aromatic rings. The van der Waals surface area contributed by atoms with E-state index in [1.165, 1.54) is 13.3 Å². The van der Waals surface area contributed by atoms with Crippen molar-refractivity contribution in [3.8, 4) is 0 Å². The molecule has 5 aliphatic carbocycles. The smallest absolute Gasteiger partial charge is 0.302 e. The van der Waals surface area contributed by atoms with Crippen LogP contribution in [0.3, 0.4) is 0 Å². The molecule has 0 saturated heterocycles. The van der Waals surface area contributed by atoms with Gasteiger partial charge in [-0.25, -0.2) is 0 Å². The largest absolute Gasteiger partial charge is 0.489 e. The van der Waals surface area contributed by atoms with Gasteiger partial charge in [0.2, 0.25) is 5.78 Å². The van der Waals surface area contributed by atoms with Gasteiger partial charge in [0.15, 0.2) is 11.5 Å². The van der Waals surface area contributed by atoms with Crippen molar-refractivity contribution in [2.24, 2.45) is 57.2 Å². The summed E-state index contributed by atoms with van der Waals surface area (Å²) in [4.78, 5) is 38.8. The molecule has 0 radical (unpaired) electrons. The highest BCUT2D eigenvalue weighted by atomic mass is 16.5. The molecule has 1 heterocycles. The zero-order chi connectivity index (χ0) is 26.7. The molecule has 0 aromatic heterocycles. The summed E-state index contributed by atoms with van der Waals surface area (Å²) in [6.07, 6.45) is 10.3. The van der Waals surface area contributed by atoms with Crippen molar-refractivity contribution >= 4 is 17.5 Å². The van der Waals surface area contributed by atoms with E-state index in [1.807, 2.05) is 19.9 Å². The summed E-state index contributed by atoms with van der Waals surface area (Å²) in [5, 5.41) is 0. The Labute approximate surface area is 221 Å². The zero-order valence-electron chi connectivity index (χ0n) is 23.7. The molecule has 0 amide bonds. The van der Waals surface area contributed by atoms with Crippen LogP contribution < -0.4 is 0 Å². The Kier molecular flexibility index (Phi) is 5.36. The van der Waals surface area contributed by atoms with Crippen LogP contribution in [0.15, 0.2) is 23.5 Å². The maximum Gasteiger partial charge on any atom is 0.302 e. The van der Waals surface area contributed by atoms with E-state index >= 15 is 0 Å². The molecule has 4 unspecified atom stereocenters. The molecular weight excluding hydrogens is 464 g/mol. The Hall–Kier alpha value is -1.91. The van der Waals surface area contributed by atoms with Gasteiger partial charge in [-0.3, -0.25) is 14.4 Å². The van der Waals surface area contributed by atoms with Crippen LogP contribution in [0.2, 0.25) is 0 Å². The van der Waals surface area contributed by atoms with E-state index in [0.717, 1.165) is 37.7 Å². The average molecular weight is 509 g/mol. The molecule has 2 spiro atoms. The van der Waals surface area contributed by atoms with Gasteiger partial charge >= 0.3 is 5.97 Å². The van der Waals surface area contributed by atoms with Crippen LogP contribution in [0.1, 0.15) is 87.0 Å². The predicted octanol–water partition coefficient (Wildman–Crippen LogP) is 6.07. The first-order valence-corrected chi connectivity index (χ1v) is 14.6. The third-order valence-corrected chi connectivity index (χ3v) is 13.1. The van der Waals surface area contributed by atoms with Crippen LogP contribution in [-0.4, -0.2) is 30.2 Å². The minimum atomic E-state index is -0.280. The van der Waals surface area contributed by atoms with Gasteiger partial charge in [-0.15, -0.1) is 0 Å². The van der Waals surface area contributed by atoms with Gasteiger partial charge in [0.1, 0.15) is 6.10 Å². The second-order valence-electron chi connectivity index (χ2n) is 14.2. The number of hydrogen-bond donors (Lipinski definition) is 0. The predicted molar refractivity (Wildman–Crippen MR) is 140 cm³/mol. The molecule has 4 saturated carbocycles. The second kappa shape index (κ2) is 7.82. The topological polar surface area (TPSA) is 69.7 Å². The molecule has 5 nitrogen and oxygen atoms in total. The van der Waals surface area contributed by atoms with Crippen LogP contribution in [0.25, 0.3) is 0 Å². The minimum Gasteiger partial charge on any atom is -0.489 e. The quantitative estimate of drug-likeness (QED) is 0.431. The fraction of sp³-hybridized carbons (Fsp3) is 0.781. The first kappa shape index (κ1) is 25.4. The van der Waals surface area contributed by atoms with Crippen LogP contribution in [0.5, 0.6) is 0 Å². The molecular formula is C32H44O5. The number of rotatable bonds is 4. The minimum absolute atomic E-state index is 0.0369. The maximum absolute atomic E-state index is 13.9. The fourth-order valence-electron chi connectivity index (χ4n) is 10.9. The molecule has 37 heavy (non-hydrogen) atoms. The van der Waals surface area contributed by atoms with Crippen molar-refractivity contribution in [1.29, 1.82) is 0 Å². The lowest BCUT2D eigenvalue weighted by Gasteiger charge is -2.60. The maximum atomic E-state index is 13.9. The van der Waals surface area contributed by atoms with Gasteiger partial charge in [0.05, 0.1) is 6.61 Å². The number of ether oxygens (including phenoxy) is 2. The monoisotopic (exact) mass is 508 g/mol.